The maximum Gasteiger partial charge on any atom is 0.125 e. The summed E-state index contributed by atoms with van der Waals surface area (Å²) < 4.78 is 5.69. The minimum atomic E-state index is 0.303. The molecule has 0 saturated carbocycles. The number of likely N-dealkylation sites (tertiary alicyclic amines) is 1. The molecule has 1 fully saturated rings. The van der Waals surface area contributed by atoms with E-state index in [2.05, 4.69) is 77.9 Å². The summed E-state index contributed by atoms with van der Waals surface area (Å²) in [5.41, 5.74) is 12.1. The fraction of sp³-hybridized carbons (Fsp3) is 0.526. The van der Waals surface area contributed by atoms with Crippen molar-refractivity contribution < 1.29 is 4.74 Å². The molecule has 44 heavy (non-hydrogen) atoms. The highest BCUT2D eigenvalue weighted by Gasteiger charge is 2.25. The van der Waals surface area contributed by atoms with Crippen molar-refractivity contribution in [2.75, 3.05) is 26.8 Å². The fourth-order valence-corrected chi connectivity index (χ4v) is 7.04. The highest BCUT2D eigenvalue weighted by Crippen LogP contribution is 2.39. The van der Waals surface area contributed by atoms with Gasteiger partial charge in [0.1, 0.15) is 12.2 Å². The van der Waals surface area contributed by atoms with Gasteiger partial charge in [0, 0.05) is 43.7 Å². The van der Waals surface area contributed by atoms with E-state index in [0.29, 0.717) is 24.5 Å². The fourth-order valence-electron chi connectivity index (χ4n) is 7.04. The Morgan fingerprint density at radius 2 is 1.84 bits per heavy atom. The third-order valence-corrected chi connectivity index (χ3v) is 9.39. The number of rotatable bonds is 10. The smallest absolute Gasteiger partial charge is 0.125 e. The van der Waals surface area contributed by atoms with E-state index in [1.54, 1.807) is 13.4 Å². The van der Waals surface area contributed by atoms with Crippen molar-refractivity contribution in [3.05, 3.63) is 87.5 Å². The molecule has 2 bridgehead atoms. The zero-order chi connectivity index (χ0) is 31.1. The summed E-state index contributed by atoms with van der Waals surface area (Å²) in [4.78, 5) is 20.7. The van der Waals surface area contributed by atoms with Gasteiger partial charge >= 0.3 is 0 Å². The van der Waals surface area contributed by atoms with Crippen molar-refractivity contribution in [3.8, 4) is 0 Å². The minimum Gasteiger partial charge on any atom is -0.380 e. The Morgan fingerprint density at radius 1 is 1.07 bits per heavy atom. The van der Waals surface area contributed by atoms with Crippen molar-refractivity contribution in [3.63, 3.8) is 0 Å². The Morgan fingerprint density at radius 3 is 2.55 bits per heavy atom. The topological polar surface area (TPSA) is 63.0 Å². The van der Waals surface area contributed by atoms with E-state index in [1.807, 2.05) is 19.3 Å². The molecule has 2 aromatic rings. The summed E-state index contributed by atoms with van der Waals surface area (Å²) in [5.74, 6) is 1.81. The number of fused-ring (bicyclic) bond motifs is 2. The Hall–Kier alpha value is -3.22. The molecule has 5 rings (SSSR count). The first kappa shape index (κ1) is 32.2. The van der Waals surface area contributed by atoms with E-state index < -0.39 is 0 Å². The molecule has 0 radical (unpaired) electrons. The van der Waals surface area contributed by atoms with E-state index in [9.17, 15) is 0 Å². The number of aliphatic imine (C=N–C) groups is 2. The van der Waals surface area contributed by atoms with Crippen LogP contribution in [0.4, 0.5) is 0 Å². The van der Waals surface area contributed by atoms with Gasteiger partial charge in [-0.05, 0) is 116 Å². The average Bonchev–Trinajstić information content (AvgIpc) is 3.07. The molecule has 2 aliphatic heterocycles. The predicted molar refractivity (Wildman–Crippen MR) is 183 cm³/mol. The van der Waals surface area contributed by atoms with Crippen LogP contribution in [0.3, 0.4) is 0 Å². The SMILES string of the molecule is CCCC(/C1=C/CCC2CC(=NC=N2)/C(COC)=C\1)=C(\c1cc(C2CCN(Cc3cnc(C)nc3)CC2)ccc1C)C(C)C. The van der Waals surface area contributed by atoms with Crippen LogP contribution in [0.25, 0.3) is 5.57 Å². The predicted octanol–water partition coefficient (Wildman–Crippen LogP) is 8.22. The van der Waals surface area contributed by atoms with Gasteiger partial charge in [-0.2, -0.15) is 0 Å². The molecule has 1 atom stereocenters. The quantitative estimate of drug-likeness (QED) is 0.278. The number of nitrogens with zero attached hydrogens (tertiary/aromatic N) is 5. The van der Waals surface area contributed by atoms with Crippen LogP contribution in [0.1, 0.15) is 99.7 Å². The standard InChI is InChI=1S/C38H51N5O/c1-7-9-35(32-10-8-11-34-20-37(42-25-41-34)33(18-32)24-44-6)38(26(2)3)36-19-31(13-12-27(36)4)30-14-16-43(17-15-30)23-29-21-39-28(5)40-22-29/h10,12-13,18-19,21-22,25-26,30,34H,7-9,11,14-17,20,23-24H2,1-6H3/b32-10+,33-18-,38-35+. The van der Waals surface area contributed by atoms with E-state index in [4.69, 9.17) is 9.73 Å². The highest BCUT2D eigenvalue weighted by molar-refractivity contribution is 6.05. The maximum atomic E-state index is 5.69. The van der Waals surface area contributed by atoms with Crippen LogP contribution >= 0.6 is 0 Å². The van der Waals surface area contributed by atoms with E-state index in [-0.39, 0.29) is 0 Å². The molecule has 0 spiro atoms. The normalized spacial score (nSPS) is 22.7. The zero-order valence-corrected chi connectivity index (χ0v) is 27.8. The van der Waals surface area contributed by atoms with E-state index in [1.165, 1.54) is 57.4 Å². The number of hydrogen-bond acceptors (Lipinski definition) is 6. The van der Waals surface area contributed by atoms with E-state index >= 15 is 0 Å². The van der Waals surface area contributed by atoms with Crippen molar-refractivity contribution in [1.29, 1.82) is 0 Å². The molecule has 3 aliphatic rings. The van der Waals surface area contributed by atoms with Crippen LogP contribution in [-0.4, -0.2) is 59.8 Å². The summed E-state index contributed by atoms with van der Waals surface area (Å²) in [5, 5.41) is 0. The molecular weight excluding hydrogens is 542 g/mol. The van der Waals surface area contributed by atoms with Gasteiger partial charge in [-0.1, -0.05) is 51.5 Å². The number of aryl methyl sites for hydroxylation is 2. The van der Waals surface area contributed by atoms with Crippen molar-refractivity contribution >= 4 is 17.6 Å². The summed E-state index contributed by atoms with van der Waals surface area (Å²) in [6, 6.07) is 7.59. The molecule has 0 N–H and O–H groups in total. The van der Waals surface area contributed by atoms with Gasteiger partial charge in [-0.15, -0.1) is 0 Å². The van der Waals surface area contributed by atoms with Crippen LogP contribution in [0.5, 0.6) is 0 Å². The van der Waals surface area contributed by atoms with Gasteiger partial charge in [0.25, 0.3) is 0 Å². The molecule has 6 nitrogen and oxygen atoms in total. The summed E-state index contributed by atoms with van der Waals surface area (Å²) in [6.45, 7) is 15.0. The van der Waals surface area contributed by atoms with Gasteiger partial charge in [0.2, 0.25) is 0 Å². The lowest BCUT2D eigenvalue weighted by Gasteiger charge is -2.32. The molecule has 234 valence electrons. The molecule has 1 saturated heterocycles. The molecular formula is C38H51N5O. The monoisotopic (exact) mass is 593 g/mol. The van der Waals surface area contributed by atoms with Crippen LogP contribution in [0, 0.1) is 19.8 Å². The zero-order valence-electron chi connectivity index (χ0n) is 27.8. The number of aromatic nitrogens is 2. The van der Waals surface area contributed by atoms with Crippen molar-refractivity contribution in [2.24, 2.45) is 15.9 Å². The third kappa shape index (κ3) is 7.89. The molecule has 1 aromatic carbocycles. The van der Waals surface area contributed by atoms with Crippen molar-refractivity contribution in [2.45, 2.75) is 98.1 Å². The molecule has 6 heteroatoms. The van der Waals surface area contributed by atoms with Crippen LogP contribution < -0.4 is 0 Å². The largest absolute Gasteiger partial charge is 0.380 e. The first-order valence-corrected chi connectivity index (χ1v) is 16.7. The van der Waals surface area contributed by atoms with Crippen LogP contribution in [0.2, 0.25) is 0 Å². The molecule has 1 aromatic heterocycles. The summed E-state index contributed by atoms with van der Waals surface area (Å²) in [6.07, 6.45) is 18.0. The van der Waals surface area contributed by atoms with Gasteiger partial charge < -0.3 is 4.74 Å². The number of piperidine rings is 1. The first-order chi connectivity index (χ1) is 21.4. The average molecular weight is 594 g/mol. The molecule has 1 unspecified atom stereocenters. The Labute approximate surface area is 265 Å². The molecule has 1 aliphatic carbocycles. The maximum absolute atomic E-state index is 5.69. The van der Waals surface area contributed by atoms with Gasteiger partial charge in [0.05, 0.1) is 12.6 Å². The second-order valence-electron chi connectivity index (χ2n) is 13.1. The molecule has 3 heterocycles. The number of benzene rings is 1. The second kappa shape index (κ2) is 15.2. The van der Waals surface area contributed by atoms with Crippen LogP contribution in [0.15, 0.2) is 69.4 Å². The number of hydrogen-bond donors (Lipinski definition) is 0. The minimum absolute atomic E-state index is 0.303. The van der Waals surface area contributed by atoms with Crippen molar-refractivity contribution in [1.82, 2.24) is 14.9 Å². The lowest BCUT2D eigenvalue weighted by Crippen LogP contribution is -2.32. The number of allylic oxidation sites excluding steroid dienone is 5. The number of ether oxygens (including phenoxy) is 1. The van der Waals surface area contributed by atoms with Gasteiger partial charge in [-0.3, -0.25) is 9.89 Å². The van der Waals surface area contributed by atoms with Gasteiger partial charge in [-0.25, -0.2) is 15.0 Å². The second-order valence-corrected chi connectivity index (χ2v) is 13.1. The summed E-state index contributed by atoms with van der Waals surface area (Å²) >= 11 is 0. The third-order valence-electron chi connectivity index (χ3n) is 9.39. The van der Waals surface area contributed by atoms with Crippen LogP contribution in [-0.2, 0) is 11.3 Å². The molecule has 0 amide bonds. The summed E-state index contributed by atoms with van der Waals surface area (Å²) in [7, 11) is 1.78. The Kier molecular flexibility index (Phi) is 11.1. The van der Waals surface area contributed by atoms with Gasteiger partial charge in [0.15, 0.2) is 0 Å². The lowest BCUT2D eigenvalue weighted by atomic mass is 9.80. The number of methoxy groups -OCH3 is 1. The highest BCUT2D eigenvalue weighted by atomic mass is 16.5. The first-order valence-electron chi connectivity index (χ1n) is 16.7. The Bertz CT molecular complexity index is 1440. The van der Waals surface area contributed by atoms with E-state index in [0.717, 1.165) is 63.3 Å². The lowest BCUT2D eigenvalue weighted by molar-refractivity contribution is 0.204. The Balaban J connectivity index is 1.46.